The maximum absolute atomic E-state index is 13.8. The fourth-order valence-electron chi connectivity index (χ4n) is 4.44. The second kappa shape index (κ2) is 11.5. The van der Waals surface area contributed by atoms with Crippen LogP contribution in [0.2, 0.25) is 5.02 Å². The van der Waals surface area contributed by atoms with Crippen LogP contribution in [0, 0.1) is 6.92 Å². The standard InChI is InChI=1S/C26H28ClN3O7S2/c1-17-5-4-6-19(11-17)15-39(34,35)26-28-13-21(27)24(29-26)25(31)30(20-9-10-38(32,33)16-20)14-18-7-8-22(36-2)23(12-18)37-3/h4-8,11-13,20H,9-10,14-16H2,1-3H3. The van der Waals surface area contributed by atoms with Crippen LogP contribution in [0.1, 0.15) is 33.6 Å². The number of ether oxygens (including phenoxy) is 2. The molecule has 1 aliphatic rings. The van der Waals surface area contributed by atoms with Gasteiger partial charge in [-0.25, -0.2) is 26.8 Å². The first-order valence-corrected chi connectivity index (χ1v) is 15.8. The van der Waals surface area contributed by atoms with Crippen molar-refractivity contribution in [2.75, 3.05) is 25.7 Å². The molecule has 1 aromatic heterocycles. The summed E-state index contributed by atoms with van der Waals surface area (Å²) < 4.78 is 61.5. The van der Waals surface area contributed by atoms with Crippen molar-refractivity contribution in [2.24, 2.45) is 0 Å². The Labute approximate surface area is 232 Å². The highest BCUT2D eigenvalue weighted by Gasteiger charge is 2.37. The van der Waals surface area contributed by atoms with Crippen LogP contribution < -0.4 is 9.47 Å². The molecule has 208 valence electrons. The van der Waals surface area contributed by atoms with Gasteiger partial charge in [0.05, 0.1) is 42.7 Å². The number of sulfone groups is 2. The zero-order chi connectivity index (χ0) is 28.4. The van der Waals surface area contributed by atoms with E-state index in [0.717, 1.165) is 11.8 Å². The summed E-state index contributed by atoms with van der Waals surface area (Å²) in [5.74, 6) is -0.434. The van der Waals surface area contributed by atoms with Gasteiger partial charge in [-0.3, -0.25) is 4.79 Å². The van der Waals surface area contributed by atoms with Crippen LogP contribution in [0.5, 0.6) is 11.5 Å². The number of carbonyl (C=O) groups excluding carboxylic acids is 1. The Morgan fingerprint density at radius 1 is 1.10 bits per heavy atom. The molecule has 13 heteroatoms. The third-order valence-electron chi connectivity index (χ3n) is 6.35. The Balaban J connectivity index is 1.70. The topological polar surface area (TPSA) is 133 Å². The smallest absolute Gasteiger partial charge is 0.274 e. The molecular formula is C26H28ClN3O7S2. The highest BCUT2D eigenvalue weighted by Crippen LogP contribution is 2.30. The maximum atomic E-state index is 13.8. The number of methoxy groups -OCH3 is 2. The third kappa shape index (κ3) is 6.68. The average molecular weight is 594 g/mol. The van der Waals surface area contributed by atoms with Crippen LogP contribution in [0.3, 0.4) is 0 Å². The molecule has 2 aromatic carbocycles. The number of nitrogens with zero attached hydrogens (tertiary/aromatic N) is 3. The van der Waals surface area contributed by atoms with E-state index in [0.29, 0.717) is 22.6 Å². The minimum Gasteiger partial charge on any atom is -0.493 e. The third-order valence-corrected chi connectivity index (χ3v) is 9.85. The molecular weight excluding hydrogens is 566 g/mol. The van der Waals surface area contributed by atoms with Crippen LogP contribution in [0.25, 0.3) is 0 Å². The summed E-state index contributed by atoms with van der Waals surface area (Å²) in [7, 11) is -4.39. The van der Waals surface area contributed by atoms with Crippen molar-refractivity contribution in [3.63, 3.8) is 0 Å². The van der Waals surface area contributed by atoms with E-state index in [1.54, 1.807) is 36.4 Å². The van der Waals surface area contributed by atoms with Gasteiger partial charge in [0.25, 0.3) is 5.91 Å². The summed E-state index contributed by atoms with van der Waals surface area (Å²) >= 11 is 6.30. The van der Waals surface area contributed by atoms with E-state index >= 15 is 0 Å². The zero-order valence-electron chi connectivity index (χ0n) is 21.6. The Morgan fingerprint density at radius 2 is 1.85 bits per heavy atom. The van der Waals surface area contributed by atoms with Gasteiger partial charge in [-0.1, -0.05) is 47.5 Å². The quantitative estimate of drug-likeness (QED) is 0.343. The largest absolute Gasteiger partial charge is 0.493 e. The van der Waals surface area contributed by atoms with Gasteiger partial charge in [-0.2, -0.15) is 0 Å². The molecule has 0 N–H and O–H groups in total. The highest BCUT2D eigenvalue weighted by atomic mass is 35.5. The molecule has 10 nitrogen and oxygen atoms in total. The molecule has 0 saturated carbocycles. The lowest BCUT2D eigenvalue weighted by atomic mass is 10.1. The molecule has 0 aliphatic carbocycles. The molecule has 39 heavy (non-hydrogen) atoms. The molecule has 1 amide bonds. The number of aryl methyl sites for hydroxylation is 1. The zero-order valence-corrected chi connectivity index (χ0v) is 24.0. The van der Waals surface area contributed by atoms with Gasteiger partial charge in [-0.05, 0) is 36.6 Å². The van der Waals surface area contributed by atoms with E-state index in [9.17, 15) is 21.6 Å². The molecule has 4 rings (SSSR count). The van der Waals surface area contributed by atoms with Crippen LogP contribution in [0.4, 0.5) is 0 Å². The van der Waals surface area contributed by atoms with Crippen molar-refractivity contribution in [3.05, 3.63) is 76.1 Å². The summed E-state index contributed by atoms with van der Waals surface area (Å²) in [6, 6.07) is 11.4. The van der Waals surface area contributed by atoms with E-state index in [-0.39, 0.29) is 40.9 Å². The van der Waals surface area contributed by atoms with Crippen LogP contribution in [0.15, 0.2) is 53.8 Å². The molecule has 1 atom stereocenters. The highest BCUT2D eigenvalue weighted by molar-refractivity contribution is 7.91. The van der Waals surface area contributed by atoms with Crippen molar-refractivity contribution in [3.8, 4) is 11.5 Å². The number of aromatic nitrogens is 2. The van der Waals surface area contributed by atoms with Crippen LogP contribution in [-0.4, -0.2) is 69.4 Å². The Bertz CT molecular complexity index is 1610. The predicted octanol–water partition coefficient (Wildman–Crippen LogP) is 3.26. The van der Waals surface area contributed by atoms with E-state index in [2.05, 4.69) is 9.97 Å². The molecule has 2 heterocycles. The van der Waals surface area contributed by atoms with E-state index in [1.165, 1.54) is 19.1 Å². The van der Waals surface area contributed by atoms with E-state index in [4.69, 9.17) is 21.1 Å². The van der Waals surface area contributed by atoms with Gasteiger partial charge in [0.2, 0.25) is 15.0 Å². The molecule has 0 bridgehead atoms. The maximum Gasteiger partial charge on any atom is 0.274 e. The lowest BCUT2D eigenvalue weighted by Crippen LogP contribution is -2.41. The average Bonchev–Trinajstić information content (AvgIpc) is 3.25. The monoisotopic (exact) mass is 593 g/mol. The molecule has 1 fully saturated rings. The summed E-state index contributed by atoms with van der Waals surface area (Å²) in [5, 5.41) is -0.686. The van der Waals surface area contributed by atoms with Crippen LogP contribution in [-0.2, 0) is 32.0 Å². The first kappa shape index (κ1) is 28.8. The van der Waals surface area contributed by atoms with E-state index in [1.807, 2.05) is 13.0 Å². The number of benzene rings is 2. The minimum absolute atomic E-state index is 0.00504. The van der Waals surface area contributed by atoms with Crippen molar-refractivity contribution < 1.29 is 31.1 Å². The van der Waals surface area contributed by atoms with Crippen molar-refractivity contribution in [2.45, 2.75) is 36.8 Å². The molecule has 1 aliphatic heterocycles. The number of hydrogen-bond donors (Lipinski definition) is 0. The number of amides is 1. The summed E-state index contributed by atoms with van der Waals surface area (Å²) in [6.45, 7) is 1.85. The van der Waals surface area contributed by atoms with Crippen LogP contribution >= 0.6 is 11.6 Å². The SMILES string of the molecule is COc1ccc(CN(C(=O)c2nc(S(=O)(=O)Cc3cccc(C)c3)ncc2Cl)C2CCS(=O)(=O)C2)cc1OC. The number of rotatable bonds is 9. The molecule has 1 unspecified atom stereocenters. The Morgan fingerprint density at radius 3 is 2.49 bits per heavy atom. The summed E-state index contributed by atoms with van der Waals surface area (Å²) in [5.41, 5.74) is 1.77. The van der Waals surface area contributed by atoms with Gasteiger partial charge < -0.3 is 14.4 Å². The summed E-state index contributed by atoms with van der Waals surface area (Å²) in [6.07, 6.45) is 1.30. The Hall–Kier alpha value is -3.22. The lowest BCUT2D eigenvalue weighted by molar-refractivity contribution is 0.0673. The van der Waals surface area contributed by atoms with Gasteiger partial charge >= 0.3 is 0 Å². The first-order valence-electron chi connectivity index (χ1n) is 12.0. The first-order chi connectivity index (χ1) is 18.4. The number of halogens is 1. The van der Waals surface area contributed by atoms with Crippen molar-refractivity contribution >= 4 is 37.2 Å². The lowest BCUT2D eigenvalue weighted by Gasteiger charge is -2.28. The van der Waals surface area contributed by atoms with Gasteiger partial charge in [-0.15, -0.1) is 0 Å². The van der Waals surface area contributed by atoms with E-state index < -0.39 is 36.8 Å². The normalized spacial score (nSPS) is 16.6. The van der Waals surface area contributed by atoms with Crippen molar-refractivity contribution in [1.29, 1.82) is 0 Å². The predicted molar refractivity (Wildman–Crippen MR) is 146 cm³/mol. The molecule has 0 radical (unpaired) electrons. The number of hydrogen-bond acceptors (Lipinski definition) is 9. The summed E-state index contributed by atoms with van der Waals surface area (Å²) in [4.78, 5) is 23.2. The minimum atomic E-state index is -4.02. The molecule has 1 saturated heterocycles. The van der Waals surface area contributed by atoms with Gasteiger partial charge in [0.1, 0.15) is 0 Å². The fourth-order valence-corrected chi connectivity index (χ4v) is 7.53. The Kier molecular flexibility index (Phi) is 8.48. The second-order valence-electron chi connectivity index (χ2n) is 9.28. The van der Waals surface area contributed by atoms with Gasteiger partial charge in [0.15, 0.2) is 27.0 Å². The number of carbonyl (C=O) groups is 1. The van der Waals surface area contributed by atoms with Gasteiger partial charge in [0, 0.05) is 12.6 Å². The van der Waals surface area contributed by atoms with Crippen molar-refractivity contribution in [1.82, 2.24) is 14.9 Å². The molecule has 3 aromatic rings. The second-order valence-corrected chi connectivity index (χ2v) is 13.8. The fraction of sp³-hybridized carbons (Fsp3) is 0.346. The molecule has 0 spiro atoms.